The second-order valence-electron chi connectivity index (χ2n) is 3.81. The zero-order valence-electron chi connectivity index (χ0n) is 10.0. The maximum atomic E-state index is 11.3. The van der Waals surface area contributed by atoms with E-state index >= 15 is 0 Å². The first kappa shape index (κ1) is 13.2. The van der Waals surface area contributed by atoms with Gasteiger partial charge in [0.2, 0.25) is 5.91 Å². The number of benzene rings is 1. The third-order valence-corrected chi connectivity index (χ3v) is 2.34. The van der Waals surface area contributed by atoms with E-state index in [0.717, 1.165) is 19.3 Å². The van der Waals surface area contributed by atoms with Crippen LogP contribution in [0.3, 0.4) is 0 Å². The van der Waals surface area contributed by atoms with Gasteiger partial charge in [-0.3, -0.25) is 4.79 Å². The molecule has 0 fully saturated rings. The van der Waals surface area contributed by atoms with Crippen molar-refractivity contribution in [2.45, 2.75) is 32.6 Å². The molecular formula is C13H18N2O2. The number of rotatable bonds is 6. The Labute approximate surface area is 101 Å². The van der Waals surface area contributed by atoms with E-state index in [0.29, 0.717) is 12.0 Å². The van der Waals surface area contributed by atoms with Crippen LogP contribution < -0.4 is 5.43 Å². The molecule has 0 atom stereocenters. The van der Waals surface area contributed by atoms with Crippen molar-refractivity contribution in [3.05, 3.63) is 29.8 Å². The van der Waals surface area contributed by atoms with Crippen molar-refractivity contribution in [2.24, 2.45) is 5.10 Å². The fourth-order valence-electron chi connectivity index (χ4n) is 1.36. The van der Waals surface area contributed by atoms with E-state index in [9.17, 15) is 9.90 Å². The van der Waals surface area contributed by atoms with Crippen LogP contribution in [0, 0.1) is 0 Å². The van der Waals surface area contributed by atoms with Crippen molar-refractivity contribution in [3.63, 3.8) is 0 Å². The van der Waals surface area contributed by atoms with Gasteiger partial charge < -0.3 is 5.11 Å². The number of phenols is 1. The summed E-state index contributed by atoms with van der Waals surface area (Å²) in [4.78, 5) is 11.3. The largest absolute Gasteiger partial charge is 0.507 e. The van der Waals surface area contributed by atoms with E-state index in [2.05, 4.69) is 17.5 Å². The van der Waals surface area contributed by atoms with Crippen molar-refractivity contribution in [1.82, 2.24) is 5.43 Å². The molecule has 0 radical (unpaired) electrons. The second kappa shape index (κ2) is 7.44. The molecule has 4 heteroatoms. The van der Waals surface area contributed by atoms with Crippen molar-refractivity contribution >= 4 is 12.1 Å². The first-order valence-corrected chi connectivity index (χ1v) is 5.84. The number of nitrogens with zero attached hydrogens (tertiary/aromatic N) is 1. The molecule has 1 aromatic rings. The van der Waals surface area contributed by atoms with Crippen molar-refractivity contribution in [2.75, 3.05) is 0 Å². The van der Waals surface area contributed by atoms with Gasteiger partial charge in [0.25, 0.3) is 0 Å². The number of hydrogen-bond donors (Lipinski definition) is 2. The summed E-state index contributed by atoms with van der Waals surface area (Å²) in [6.45, 7) is 2.09. The average molecular weight is 234 g/mol. The minimum atomic E-state index is -0.0925. The smallest absolute Gasteiger partial charge is 0.240 e. The van der Waals surface area contributed by atoms with Gasteiger partial charge in [0.05, 0.1) is 6.21 Å². The third-order valence-electron chi connectivity index (χ3n) is 2.34. The van der Waals surface area contributed by atoms with Gasteiger partial charge in [-0.05, 0) is 18.6 Å². The number of phenolic OH excluding ortho intramolecular Hbond substituents is 1. The van der Waals surface area contributed by atoms with Gasteiger partial charge in [0, 0.05) is 12.0 Å². The lowest BCUT2D eigenvalue weighted by atomic mass is 10.2. The fraction of sp³-hybridized carbons (Fsp3) is 0.385. The Bertz CT molecular complexity index is 389. The van der Waals surface area contributed by atoms with Gasteiger partial charge >= 0.3 is 0 Å². The molecule has 1 amide bonds. The Morgan fingerprint density at radius 1 is 1.41 bits per heavy atom. The Hall–Kier alpha value is -1.84. The molecule has 0 aliphatic heterocycles. The molecule has 0 bridgehead atoms. The number of carbonyl (C=O) groups is 1. The van der Waals surface area contributed by atoms with Crippen LogP contribution in [0.5, 0.6) is 5.75 Å². The molecule has 0 aliphatic carbocycles. The van der Waals surface area contributed by atoms with Crippen LogP contribution in [0.1, 0.15) is 38.2 Å². The number of para-hydroxylation sites is 1. The van der Waals surface area contributed by atoms with Crippen LogP contribution in [0.4, 0.5) is 0 Å². The summed E-state index contributed by atoms with van der Waals surface area (Å²) in [5.74, 6) is 0.0570. The van der Waals surface area contributed by atoms with E-state index in [-0.39, 0.29) is 11.7 Å². The average Bonchev–Trinajstić information content (AvgIpc) is 2.32. The lowest BCUT2D eigenvalue weighted by molar-refractivity contribution is -0.121. The number of nitrogens with one attached hydrogen (secondary N) is 1. The molecule has 0 heterocycles. The van der Waals surface area contributed by atoms with E-state index in [1.165, 1.54) is 6.21 Å². The van der Waals surface area contributed by atoms with E-state index in [1.807, 2.05) is 0 Å². The summed E-state index contributed by atoms with van der Waals surface area (Å²) in [7, 11) is 0. The minimum absolute atomic E-state index is 0.0925. The molecule has 17 heavy (non-hydrogen) atoms. The molecule has 2 N–H and O–H groups in total. The number of hydrazone groups is 1. The van der Waals surface area contributed by atoms with Crippen LogP contribution in [-0.4, -0.2) is 17.2 Å². The zero-order valence-corrected chi connectivity index (χ0v) is 10.0. The highest BCUT2D eigenvalue weighted by atomic mass is 16.3. The van der Waals surface area contributed by atoms with Gasteiger partial charge in [-0.2, -0.15) is 5.10 Å². The van der Waals surface area contributed by atoms with Gasteiger partial charge in [-0.25, -0.2) is 5.43 Å². The molecule has 0 aliphatic rings. The minimum Gasteiger partial charge on any atom is -0.507 e. The topological polar surface area (TPSA) is 61.7 Å². The summed E-state index contributed by atoms with van der Waals surface area (Å²) < 4.78 is 0. The van der Waals surface area contributed by atoms with E-state index < -0.39 is 0 Å². The van der Waals surface area contributed by atoms with Crippen molar-refractivity contribution < 1.29 is 9.90 Å². The lowest BCUT2D eigenvalue weighted by Gasteiger charge is -1.99. The van der Waals surface area contributed by atoms with Crippen LogP contribution in [-0.2, 0) is 4.79 Å². The van der Waals surface area contributed by atoms with Crippen LogP contribution in [0.25, 0.3) is 0 Å². The van der Waals surface area contributed by atoms with Gasteiger partial charge in [-0.1, -0.05) is 31.9 Å². The molecule has 1 aromatic carbocycles. The van der Waals surface area contributed by atoms with Crippen LogP contribution in [0.2, 0.25) is 0 Å². The highest BCUT2D eigenvalue weighted by molar-refractivity contribution is 5.84. The summed E-state index contributed by atoms with van der Waals surface area (Å²) >= 11 is 0. The van der Waals surface area contributed by atoms with Gasteiger partial charge in [0.15, 0.2) is 0 Å². The van der Waals surface area contributed by atoms with Gasteiger partial charge in [-0.15, -0.1) is 0 Å². The molecule has 0 aromatic heterocycles. The number of hydrogen-bond acceptors (Lipinski definition) is 3. The molecule has 0 saturated carbocycles. The number of amides is 1. The fourth-order valence-corrected chi connectivity index (χ4v) is 1.36. The predicted molar refractivity (Wildman–Crippen MR) is 68.0 cm³/mol. The number of unbranched alkanes of at least 4 members (excludes halogenated alkanes) is 2. The lowest BCUT2D eigenvalue weighted by Crippen LogP contribution is -2.16. The van der Waals surface area contributed by atoms with Crippen molar-refractivity contribution in [3.8, 4) is 5.75 Å². The monoisotopic (exact) mass is 234 g/mol. The molecule has 0 saturated heterocycles. The second-order valence-corrected chi connectivity index (χ2v) is 3.81. The van der Waals surface area contributed by atoms with E-state index in [1.54, 1.807) is 24.3 Å². The molecule has 0 unspecified atom stereocenters. The first-order chi connectivity index (χ1) is 8.24. The van der Waals surface area contributed by atoms with E-state index in [4.69, 9.17) is 0 Å². The maximum Gasteiger partial charge on any atom is 0.240 e. The third kappa shape index (κ3) is 5.15. The number of carbonyl (C=O) groups excluding carboxylic acids is 1. The maximum absolute atomic E-state index is 11.3. The molecule has 4 nitrogen and oxygen atoms in total. The summed E-state index contributed by atoms with van der Waals surface area (Å²) in [6, 6.07) is 6.83. The summed E-state index contributed by atoms with van der Waals surface area (Å²) in [6.07, 6.45) is 4.96. The SMILES string of the molecule is CCCCCC(=O)N/N=C/c1ccccc1O. The Morgan fingerprint density at radius 3 is 2.88 bits per heavy atom. The molecule has 0 spiro atoms. The Kier molecular flexibility index (Phi) is 5.79. The van der Waals surface area contributed by atoms with Crippen molar-refractivity contribution in [1.29, 1.82) is 0 Å². The highest BCUT2D eigenvalue weighted by Gasteiger charge is 1.98. The van der Waals surface area contributed by atoms with Crippen LogP contribution >= 0.6 is 0 Å². The standard InChI is InChI=1S/C13H18N2O2/c1-2-3-4-9-13(17)15-14-10-11-7-5-6-8-12(11)16/h5-8,10,16H,2-4,9H2,1H3,(H,15,17)/b14-10+. The predicted octanol–water partition coefficient (Wildman–Crippen LogP) is 2.42. The quantitative estimate of drug-likeness (QED) is 0.451. The Morgan fingerprint density at radius 2 is 2.18 bits per heavy atom. The summed E-state index contributed by atoms with van der Waals surface area (Å²) in [5, 5.41) is 13.2. The first-order valence-electron chi connectivity index (χ1n) is 5.84. The molecule has 92 valence electrons. The Balaban J connectivity index is 2.35. The normalized spacial score (nSPS) is 10.6. The molecule has 1 rings (SSSR count). The summed E-state index contributed by atoms with van der Waals surface area (Å²) in [5.41, 5.74) is 3.02. The zero-order chi connectivity index (χ0) is 12.5. The highest BCUT2D eigenvalue weighted by Crippen LogP contribution is 2.12. The molecular weight excluding hydrogens is 216 g/mol. The van der Waals surface area contributed by atoms with Gasteiger partial charge in [0.1, 0.15) is 5.75 Å². The number of aromatic hydroxyl groups is 1. The van der Waals surface area contributed by atoms with Crippen LogP contribution in [0.15, 0.2) is 29.4 Å².